The zero-order valence-electron chi connectivity index (χ0n) is 11.9. The molecular formula is C13H21N5O3. The van der Waals surface area contributed by atoms with E-state index < -0.39 is 5.97 Å². The molecule has 0 radical (unpaired) electrons. The van der Waals surface area contributed by atoms with Gasteiger partial charge < -0.3 is 15.7 Å². The number of hydrogen-bond donors (Lipinski definition) is 4. The first kappa shape index (κ1) is 15.3. The van der Waals surface area contributed by atoms with Gasteiger partial charge in [-0.3, -0.25) is 9.89 Å². The van der Waals surface area contributed by atoms with E-state index in [1.165, 1.54) is 6.33 Å². The second-order valence-corrected chi connectivity index (χ2v) is 5.60. The molecule has 0 bridgehead atoms. The van der Waals surface area contributed by atoms with Crippen LogP contribution in [0.5, 0.6) is 0 Å². The number of H-pyrrole nitrogens is 1. The van der Waals surface area contributed by atoms with Crippen LogP contribution < -0.4 is 10.6 Å². The number of carbonyl (C=O) groups is 2. The SMILES string of the molecule is O=C(O)CC1(CNC(=O)NCc2ncn[nH]2)CCCCC1. The van der Waals surface area contributed by atoms with E-state index >= 15 is 0 Å². The quantitative estimate of drug-likeness (QED) is 0.624. The van der Waals surface area contributed by atoms with Crippen LogP contribution in [-0.2, 0) is 11.3 Å². The number of nitrogens with one attached hydrogen (secondary N) is 3. The van der Waals surface area contributed by atoms with Gasteiger partial charge in [0.1, 0.15) is 12.2 Å². The van der Waals surface area contributed by atoms with Gasteiger partial charge in [0.25, 0.3) is 0 Å². The summed E-state index contributed by atoms with van der Waals surface area (Å²) in [5.41, 5.74) is -0.312. The predicted octanol–water partition coefficient (Wildman–Crippen LogP) is 1.03. The lowest BCUT2D eigenvalue weighted by molar-refractivity contribution is -0.140. The first-order valence-corrected chi connectivity index (χ1v) is 7.17. The molecule has 1 saturated carbocycles. The van der Waals surface area contributed by atoms with E-state index in [0.29, 0.717) is 12.4 Å². The Bertz CT molecular complexity index is 468. The van der Waals surface area contributed by atoms with Crippen LogP contribution in [0.4, 0.5) is 4.79 Å². The molecule has 1 aromatic heterocycles. The minimum atomic E-state index is -0.805. The third kappa shape index (κ3) is 4.73. The highest BCUT2D eigenvalue weighted by molar-refractivity contribution is 5.74. The van der Waals surface area contributed by atoms with Crippen LogP contribution in [0.2, 0.25) is 0 Å². The number of aromatic amines is 1. The van der Waals surface area contributed by atoms with E-state index in [0.717, 1.165) is 32.1 Å². The van der Waals surface area contributed by atoms with Crippen LogP contribution >= 0.6 is 0 Å². The topological polar surface area (TPSA) is 120 Å². The number of rotatable bonds is 6. The molecule has 2 amide bonds. The highest BCUT2D eigenvalue weighted by atomic mass is 16.4. The van der Waals surface area contributed by atoms with E-state index in [4.69, 9.17) is 5.11 Å². The van der Waals surface area contributed by atoms with Crippen LogP contribution in [0.3, 0.4) is 0 Å². The summed E-state index contributed by atoms with van der Waals surface area (Å²) >= 11 is 0. The second-order valence-electron chi connectivity index (χ2n) is 5.60. The molecular weight excluding hydrogens is 274 g/mol. The van der Waals surface area contributed by atoms with Gasteiger partial charge in [-0.25, -0.2) is 9.78 Å². The molecule has 21 heavy (non-hydrogen) atoms. The van der Waals surface area contributed by atoms with Crippen LogP contribution in [0, 0.1) is 5.41 Å². The summed E-state index contributed by atoms with van der Waals surface area (Å²) in [5, 5.41) is 20.9. The van der Waals surface area contributed by atoms with E-state index in [-0.39, 0.29) is 24.4 Å². The fourth-order valence-electron chi connectivity index (χ4n) is 2.85. The number of aliphatic carboxylic acids is 1. The van der Waals surface area contributed by atoms with Crippen LogP contribution in [0.1, 0.15) is 44.3 Å². The largest absolute Gasteiger partial charge is 0.481 e. The Morgan fingerprint density at radius 1 is 1.29 bits per heavy atom. The van der Waals surface area contributed by atoms with E-state index in [1.807, 2.05) is 0 Å². The van der Waals surface area contributed by atoms with Gasteiger partial charge in [0.2, 0.25) is 0 Å². The van der Waals surface area contributed by atoms with Crippen molar-refractivity contribution in [3.8, 4) is 0 Å². The number of carbonyl (C=O) groups excluding carboxylic acids is 1. The number of nitrogens with zero attached hydrogens (tertiary/aromatic N) is 2. The summed E-state index contributed by atoms with van der Waals surface area (Å²) in [4.78, 5) is 26.7. The number of carboxylic acids is 1. The van der Waals surface area contributed by atoms with Crippen molar-refractivity contribution in [3.63, 3.8) is 0 Å². The summed E-state index contributed by atoms with van der Waals surface area (Å²) in [6, 6.07) is -0.318. The lowest BCUT2D eigenvalue weighted by Crippen LogP contribution is -2.44. The molecule has 0 unspecified atom stereocenters. The maximum Gasteiger partial charge on any atom is 0.315 e. The maximum absolute atomic E-state index is 11.8. The summed E-state index contributed by atoms with van der Waals surface area (Å²) in [6.07, 6.45) is 6.36. The molecule has 1 fully saturated rings. The van der Waals surface area contributed by atoms with Crippen molar-refractivity contribution >= 4 is 12.0 Å². The number of hydrogen-bond acceptors (Lipinski definition) is 4. The first-order valence-electron chi connectivity index (χ1n) is 7.17. The molecule has 2 rings (SSSR count). The summed E-state index contributed by atoms with van der Waals surface area (Å²) in [7, 11) is 0. The Labute approximate surface area is 122 Å². The Morgan fingerprint density at radius 3 is 2.67 bits per heavy atom. The second kappa shape index (κ2) is 7.05. The first-order chi connectivity index (χ1) is 10.1. The minimum Gasteiger partial charge on any atom is -0.481 e. The average Bonchev–Trinajstić information content (AvgIpc) is 2.96. The van der Waals surface area contributed by atoms with Gasteiger partial charge in [0.05, 0.1) is 13.0 Å². The fraction of sp³-hybridized carbons (Fsp3) is 0.692. The maximum atomic E-state index is 11.8. The summed E-state index contributed by atoms with van der Waals surface area (Å²) < 4.78 is 0. The summed E-state index contributed by atoms with van der Waals surface area (Å²) in [6.45, 7) is 0.652. The molecule has 116 valence electrons. The predicted molar refractivity (Wildman–Crippen MR) is 74.4 cm³/mol. The molecule has 1 aliphatic rings. The summed E-state index contributed by atoms with van der Waals surface area (Å²) in [5.74, 6) is -0.233. The van der Waals surface area contributed by atoms with Crippen molar-refractivity contribution in [2.24, 2.45) is 5.41 Å². The standard InChI is InChI=1S/C13H21N5O3/c19-11(20)6-13(4-2-1-3-5-13)8-15-12(21)14-7-10-16-9-17-18-10/h9H,1-8H2,(H,19,20)(H2,14,15,21)(H,16,17,18). The van der Waals surface area contributed by atoms with Crippen molar-refractivity contribution in [2.75, 3.05) is 6.54 Å². The van der Waals surface area contributed by atoms with E-state index in [9.17, 15) is 9.59 Å². The van der Waals surface area contributed by atoms with Gasteiger partial charge >= 0.3 is 12.0 Å². The third-order valence-corrected chi connectivity index (χ3v) is 3.95. The van der Waals surface area contributed by atoms with Crippen molar-refractivity contribution in [3.05, 3.63) is 12.2 Å². The van der Waals surface area contributed by atoms with Crippen molar-refractivity contribution in [1.82, 2.24) is 25.8 Å². The smallest absolute Gasteiger partial charge is 0.315 e. The average molecular weight is 295 g/mol. The number of amides is 2. The molecule has 1 aromatic rings. The third-order valence-electron chi connectivity index (χ3n) is 3.95. The normalized spacial score (nSPS) is 17.1. The molecule has 8 nitrogen and oxygen atoms in total. The minimum absolute atomic E-state index is 0.107. The van der Waals surface area contributed by atoms with Crippen molar-refractivity contribution < 1.29 is 14.7 Å². The van der Waals surface area contributed by atoms with Gasteiger partial charge in [0.15, 0.2) is 0 Å². The zero-order valence-corrected chi connectivity index (χ0v) is 11.9. The molecule has 1 heterocycles. The van der Waals surface area contributed by atoms with Gasteiger partial charge in [-0.1, -0.05) is 19.3 Å². The Hall–Kier alpha value is -2.12. The van der Waals surface area contributed by atoms with Crippen LogP contribution in [0.25, 0.3) is 0 Å². The lowest BCUT2D eigenvalue weighted by atomic mass is 9.72. The molecule has 1 aliphatic carbocycles. The van der Waals surface area contributed by atoms with Crippen LogP contribution in [-0.4, -0.2) is 38.8 Å². The highest BCUT2D eigenvalue weighted by Crippen LogP contribution is 2.38. The molecule has 0 spiro atoms. The van der Waals surface area contributed by atoms with Gasteiger partial charge in [-0.2, -0.15) is 5.10 Å². The van der Waals surface area contributed by atoms with Gasteiger partial charge in [-0.05, 0) is 18.3 Å². The molecule has 4 N–H and O–H groups in total. The molecule has 0 saturated heterocycles. The molecule has 8 heteroatoms. The van der Waals surface area contributed by atoms with Crippen molar-refractivity contribution in [2.45, 2.75) is 45.1 Å². The number of carboxylic acid groups (broad SMARTS) is 1. The van der Waals surface area contributed by atoms with E-state index in [2.05, 4.69) is 25.8 Å². The van der Waals surface area contributed by atoms with Gasteiger partial charge in [-0.15, -0.1) is 0 Å². The Morgan fingerprint density at radius 2 is 2.05 bits per heavy atom. The zero-order chi connectivity index (χ0) is 15.1. The Balaban J connectivity index is 1.80. The van der Waals surface area contributed by atoms with Crippen LogP contribution in [0.15, 0.2) is 6.33 Å². The Kier molecular flexibility index (Phi) is 5.13. The number of urea groups is 1. The molecule has 0 aliphatic heterocycles. The van der Waals surface area contributed by atoms with Crippen molar-refractivity contribution in [1.29, 1.82) is 0 Å². The number of aromatic nitrogens is 3. The fourth-order valence-corrected chi connectivity index (χ4v) is 2.85. The monoisotopic (exact) mass is 295 g/mol. The lowest BCUT2D eigenvalue weighted by Gasteiger charge is -2.36. The van der Waals surface area contributed by atoms with Gasteiger partial charge in [0, 0.05) is 6.54 Å². The highest BCUT2D eigenvalue weighted by Gasteiger charge is 2.34. The molecule has 0 aromatic carbocycles. The van der Waals surface area contributed by atoms with E-state index in [1.54, 1.807) is 0 Å². The molecule has 0 atom stereocenters.